The van der Waals surface area contributed by atoms with Gasteiger partial charge in [0.2, 0.25) is 5.91 Å². The Bertz CT molecular complexity index is 821. The fraction of sp³-hybridized carbons (Fsp3) is 0.519. The van der Waals surface area contributed by atoms with Gasteiger partial charge < -0.3 is 33.7 Å². The van der Waals surface area contributed by atoms with Crippen LogP contribution in [0.2, 0.25) is 0 Å². The average Bonchev–Trinajstić information content (AvgIpc) is 2.88. The molecule has 8 heteroatoms. The Kier molecular flexibility index (Phi) is 12.1. The van der Waals surface area contributed by atoms with Gasteiger partial charge in [0.1, 0.15) is 39.1 Å². The van der Waals surface area contributed by atoms with Gasteiger partial charge in [0.25, 0.3) is 0 Å². The highest BCUT2D eigenvalue weighted by atomic mass is 16.6. The van der Waals surface area contributed by atoms with Crippen molar-refractivity contribution in [2.24, 2.45) is 0 Å². The number of carbonyl (C=O) groups is 1. The molecule has 2 aromatic rings. The van der Waals surface area contributed by atoms with E-state index >= 15 is 0 Å². The molecular formula is C27H37NO7. The summed E-state index contributed by atoms with van der Waals surface area (Å²) >= 11 is 0. The maximum atomic E-state index is 12.3. The van der Waals surface area contributed by atoms with Gasteiger partial charge in [-0.1, -0.05) is 50.5 Å². The fourth-order valence-corrected chi connectivity index (χ4v) is 3.43. The Balaban J connectivity index is 1.62. The molecule has 1 heterocycles. The van der Waals surface area contributed by atoms with Crippen LogP contribution in [0.5, 0.6) is 23.0 Å². The number of fused-ring (bicyclic) bond motifs is 2. The van der Waals surface area contributed by atoms with Gasteiger partial charge in [0.15, 0.2) is 23.0 Å². The molecule has 0 unspecified atom stereocenters. The molecule has 35 heavy (non-hydrogen) atoms. The summed E-state index contributed by atoms with van der Waals surface area (Å²) in [5.74, 6) is 2.28. The normalized spacial score (nSPS) is 15.3. The number of benzene rings is 2. The van der Waals surface area contributed by atoms with Crippen LogP contribution in [0.4, 0.5) is 0 Å². The molecule has 0 aliphatic carbocycles. The van der Waals surface area contributed by atoms with Crippen LogP contribution in [-0.4, -0.2) is 64.8 Å². The molecule has 0 spiro atoms. The van der Waals surface area contributed by atoms with E-state index in [1.54, 1.807) is 0 Å². The van der Waals surface area contributed by atoms with Crippen LogP contribution in [0.25, 0.3) is 0 Å². The van der Waals surface area contributed by atoms with Gasteiger partial charge in [-0.2, -0.15) is 0 Å². The van der Waals surface area contributed by atoms with E-state index in [0.29, 0.717) is 56.0 Å². The summed E-state index contributed by atoms with van der Waals surface area (Å²) in [6.45, 7) is 4.74. The standard InChI is InChI=1S/C27H37NO7/c1-2-3-4-9-14-28-27(29)21-33-22-19-34-25-12-7-5-10-23(25)31-17-15-30-16-18-32-24-11-6-8-13-26(24)35-20-22/h5-8,10-13,22H,2-4,9,14-21H2,1H3,(H,28,29). The summed E-state index contributed by atoms with van der Waals surface area (Å²) in [5.41, 5.74) is 0. The van der Waals surface area contributed by atoms with E-state index in [4.69, 9.17) is 28.4 Å². The first-order chi connectivity index (χ1) is 17.3. The van der Waals surface area contributed by atoms with Gasteiger partial charge in [0.05, 0.1) is 13.2 Å². The molecule has 8 nitrogen and oxygen atoms in total. The number of hydrogen-bond acceptors (Lipinski definition) is 7. The molecule has 0 saturated carbocycles. The number of ether oxygens (including phenoxy) is 6. The number of rotatable bonds is 8. The molecule has 0 fully saturated rings. The first kappa shape index (κ1) is 26.6. The van der Waals surface area contributed by atoms with Gasteiger partial charge in [-0.25, -0.2) is 0 Å². The highest BCUT2D eigenvalue weighted by molar-refractivity contribution is 5.77. The molecule has 1 aliphatic heterocycles. The van der Waals surface area contributed by atoms with Gasteiger partial charge in [-0.3, -0.25) is 4.79 Å². The minimum absolute atomic E-state index is 0.0706. The average molecular weight is 488 g/mol. The number of nitrogens with one attached hydrogen (secondary N) is 1. The minimum Gasteiger partial charge on any atom is -0.487 e. The number of para-hydroxylation sites is 4. The lowest BCUT2D eigenvalue weighted by atomic mass is 10.2. The lowest BCUT2D eigenvalue weighted by molar-refractivity contribution is -0.129. The zero-order chi connectivity index (χ0) is 24.6. The van der Waals surface area contributed by atoms with Crippen molar-refractivity contribution >= 4 is 5.91 Å². The Morgan fingerprint density at radius 1 is 0.800 bits per heavy atom. The van der Waals surface area contributed by atoms with Crippen LogP contribution < -0.4 is 24.3 Å². The molecule has 2 aromatic carbocycles. The number of unbranched alkanes of at least 4 members (excludes halogenated alkanes) is 3. The topological polar surface area (TPSA) is 84.5 Å². The van der Waals surface area contributed by atoms with E-state index in [9.17, 15) is 4.79 Å². The number of hydrogen-bond donors (Lipinski definition) is 1. The molecule has 0 aromatic heterocycles. The number of amides is 1. The highest BCUT2D eigenvalue weighted by Crippen LogP contribution is 2.28. The summed E-state index contributed by atoms with van der Waals surface area (Å²) in [4.78, 5) is 12.3. The van der Waals surface area contributed by atoms with Crippen molar-refractivity contribution < 1.29 is 33.2 Å². The van der Waals surface area contributed by atoms with Crippen molar-refractivity contribution in [3.05, 3.63) is 48.5 Å². The Morgan fingerprint density at radius 2 is 1.34 bits per heavy atom. The summed E-state index contributed by atoms with van der Waals surface area (Å²) < 4.78 is 35.2. The minimum atomic E-state index is -0.488. The Morgan fingerprint density at radius 3 is 1.89 bits per heavy atom. The quantitative estimate of drug-likeness (QED) is 0.563. The second-order valence-electron chi connectivity index (χ2n) is 8.17. The van der Waals surface area contributed by atoms with Crippen molar-refractivity contribution in [1.82, 2.24) is 5.32 Å². The first-order valence-corrected chi connectivity index (χ1v) is 12.4. The fourth-order valence-electron chi connectivity index (χ4n) is 3.43. The summed E-state index contributed by atoms with van der Waals surface area (Å²) in [7, 11) is 0. The van der Waals surface area contributed by atoms with E-state index in [1.165, 1.54) is 6.42 Å². The molecule has 0 saturated heterocycles. The van der Waals surface area contributed by atoms with Crippen LogP contribution in [0, 0.1) is 0 Å². The summed E-state index contributed by atoms with van der Waals surface area (Å²) in [6.07, 6.45) is 3.92. The van der Waals surface area contributed by atoms with E-state index in [-0.39, 0.29) is 25.7 Å². The largest absolute Gasteiger partial charge is 0.487 e. The highest BCUT2D eigenvalue weighted by Gasteiger charge is 2.17. The van der Waals surface area contributed by atoms with E-state index < -0.39 is 6.10 Å². The molecule has 0 radical (unpaired) electrons. The molecular weight excluding hydrogens is 450 g/mol. The second-order valence-corrected chi connectivity index (χ2v) is 8.17. The van der Waals surface area contributed by atoms with Crippen LogP contribution in [0.15, 0.2) is 48.5 Å². The summed E-state index contributed by atoms with van der Waals surface area (Å²) in [5, 5.41) is 2.91. The molecule has 192 valence electrons. The molecule has 0 bridgehead atoms. The van der Waals surface area contributed by atoms with Gasteiger partial charge in [-0.05, 0) is 30.7 Å². The van der Waals surface area contributed by atoms with Crippen molar-refractivity contribution in [1.29, 1.82) is 0 Å². The van der Waals surface area contributed by atoms with E-state index in [0.717, 1.165) is 19.3 Å². The third-order valence-corrected chi connectivity index (χ3v) is 5.32. The Labute approximate surface area is 207 Å². The van der Waals surface area contributed by atoms with Crippen molar-refractivity contribution in [2.75, 3.05) is 52.8 Å². The first-order valence-electron chi connectivity index (χ1n) is 12.4. The van der Waals surface area contributed by atoms with E-state index in [2.05, 4.69) is 12.2 Å². The SMILES string of the molecule is CCCCCCNC(=O)COC1COc2ccccc2OCCOCCOc2ccccc2OC1. The van der Waals surface area contributed by atoms with Crippen LogP contribution in [0.3, 0.4) is 0 Å². The van der Waals surface area contributed by atoms with Crippen LogP contribution >= 0.6 is 0 Å². The third kappa shape index (κ3) is 10.0. The predicted molar refractivity (Wildman–Crippen MR) is 133 cm³/mol. The molecule has 0 atom stereocenters. The maximum absolute atomic E-state index is 12.3. The summed E-state index contributed by atoms with van der Waals surface area (Å²) in [6, 6.07) is 14.9. The second kappa shape index (κ2) is 15.8. The van der Waals surface area contributed by atoms with Crippen LogP contribution in [-0.2, 0) is 14.3 Å². The van der Waals surface area contributed by atoms with Gasteiger partial charge in [0, 0.05) is 6.54 Å². The smallest absolute Gasteiger partial charge is 0.246 e. The predicted octanol–water partition coefficient (Wildman–Crippen LogP) is 4.01. The van der Waals surface area contributed by atoms with Gasteiger partial charge in [-0.15, -0.1) is 0 Å². The third-order valence-electron chi connectivity index (χ3n) is 5.32. The van der Waals surface area contributed by atoms with E-state index in [1.807, 2.05) is 48.5 Å². The van der Waals surface area contributed by atoms with Crippen molar-refractivity contribution in [2.45, 2.75) is 38.7 Å². The van der Waals surface area contributed by atoms with Crippen molar-refractivity contribution in [3.63, 3.8) is 0 Å². The molecule has 1 N–H and O–H groups in total. The molecule has 1 amide bonds. The Hall–Kier alpha value is -2.97. The lowest BCUT2D eigenvalue weighted by Crippen LogP contribution is -2.35. The van der Waals surface area contributed by atoms with Crippen molar-refractivity contribution in [3.8, 4) is 23.0 Å². The molecule has 1 aliphatic rings. The molecule has 3 rings (SSSR count). The zero-order valence-corrected chi connectivity index (χ0v) is 20.5. The number of carbonyl (C=O) groups excluding carboxylic acids is 1. The van der Waals surface area contributed by atoms with Gasteiger partial charge >= 0.3 is 0 Å². The lowest BCUT2D eigenvalue weighted by Gasteiger charge is -2.21. The zero-order valence-electron chi connectivity index (χ0n) is 20.5. The maximum Gasteiger partial charge on any atom is 0.246 e. The van der Waals surface area contributed by atoms with Crippen LogP contribution in [0.1, 0.15) is 32.6 Å². The monoisotopic (exact) mass is 487 g/mol.